The molecule has 2 heterocycles. The quantitative estimate of drug-likeness (QED) is 0.0447. The van der Waals surface area contributed by atoms with Crippen LogP contribution in [-0.2, 0) is 9.53 Å². The predicted molar refractivity (Wildman–Crippen MR) is 195 cm³/mol. The Bertz CT molecular complexity index is 1510. The summed E-state index contributed by atoms with van der Waals surface area (Å²) in [7, 11) is 1.57. The van der Waals surface area contributed by atoms with Gasteiger partial charge in [0.25, 0.3) is 0 Å². The van der Waals surface area contributed by atoms with E-state index in [-0.39, 0.29) is 23.5 Å². The van der Waals surface area contributed by atoms with Crippen LogP contribution in [0.3, 0.4) is 0 Å². The van der Waals surface area contributed by atoms with Crippen LogP contribution in [0.5, 0.6) is 11.5 Å². The molecule has 0 amide bonds. The molecule has 0 aliphatic carbocycles. The van der Waals surface area contributed by atoms with Crippen molar-refractivity contribution in [2.75, 3.05) is 40.1 Å². The molecule has 3 aromatic rings. The van der Waals surface area contributed by atoms with Crippen molar-refractivity contribution in [3.63, 3.8) is 0 Å². The Labute approximate surface area is 298 Å². The fourth-order valence-electron chi connectivity index (χ4n) is 7.17. The van der Waals surface area contributed by atoms with E-state index in [0.29, 0.717) is 40.5 Å². The minimum atomic E-state index is -0.539. The van der Waals surface area contributed by atoms with Crippen LogP contribution >= 0.6 is 0 Å². The van der Waals surface area contributed by atoms with Gasteiger partial charge < -0.3 is 18.7 Å². The average molecular weight is 696 g/mol. The minimum Gasteiger partial charge on any atom is -0.493 e. The summed E-state index contributed by atoms with van der Waals surface area (Å²) in [5, 5.41) is 5.19. The highest BCUT2D eigenvalue weighted by atomic mass is 19.1. The number of quaternary nitrogens is 1. The molecule has 0 atom stereocenters. The third kappa shape index (κ3) is 11.3. The molecule has 276 valence electrons. The molecule has 8 nitrogen and oxygen atoms in total. The van der Waals surface area contributed by atoms with Crippen molar-refractivity contribution in [2.24, 2.45) is 5.41 Å². The van der Waals surface area contributed by atoms with E-state index in [0.717, 1.165) is 69.2 Å². The van der Waals surface area contributed by atoms with Crippen LogP contribution in [0.4, 0.5) is 4.39 Å². The summed E-state index contributed by atoms with van der Waals surface area (Å²) in [4.78, 5) is 25.3. The predicted octanol–water partition coefficient (Wildman–Crippen LogP) is 10.2. The summed E-state index contributed by atoms with van der Waals surface area (Å²) in [6.45, 7) is 11.0. The largest absolute Gasteiger partial charge is 0.493 e. The van der Waals surface area contributed by atoms with Gasteiger partial charge in [-0.05, 0) is 57.5 Å². The number of hydrogen-bond donors (Lipinski definition) is 0. The summed E-state index contributed by atoms with van der Waals surface area (Å²) < 4.78 is 37.7. The van der Waals surface area contributed by atoms with Crippen molar-refractivity contribution in [1.29, 1.82) is 0 Å². The summed E-state index contributed by atoms with van der Waals surface area (Å²) >= 11 is 0. The van der Waals surface area contributed by atoms with Gasteiger partial charge in [0.15, 0.2) is 22.9 Å². The van der Waals surface area contributed by atoms with E-state index < -0.39 is 5.41 Å². The monoisotopic (exact) mass is 695 g/mol. The maximum atomic E-state index is 13.8. The van der Waals surface area contributed by atoms with Crippen LogP contribution in [0, 0.1) is 11.2 Å². The summed E-state index contributed by atoms with van der Waals surface area (Å²) in [6.07, 6.45) is 15.9. The first-order chi connectivity index (χ1) is 24.1. The first kappa shape index (κ1) is 39.3. The first-order valence-corrected chi connectivity index (χ1v) is 19.0. The molecule has 50 heavy (non-hydrogen) atoms. The summed E-state index contributed by atoms with van der Waals surface area (Å²) in [5.41, 5.74) is 1.37. The molecule has 1 saturated heterocycles. The second-order valence-electron chi connectivity index (χ2n) is 15.0. The third-order valence-electron chi connectivity index (χ3n) is 10.5. The maximum Gasteiger partial charge on any atom is 0.315 e. The number of fused-ring (bicyclic) bond motifs is 1. The van der Waals surface area contributed by atoms with Crippen LogP contribution in [0.15, 0.2) is 40.9 Å². The van der Waals surface area contributed by atoms with Gasteiger partial charge in [-0.1, -0.05) is 76.3 Å². The molecule has 4 rings (SSSR count). The number of aromatic nitrogens is 1. The van der Waals surface area contributed by atoms with Gasteiger partial charge >= 0.3 is 5.97 Å². The molecule has 0 saturated carbocycles. The number of esters is 1. The number of halogens is 1. The maximum absolute atomic E-state index is 13.8. The number of methoxy groups -OCH3 is 1. The Kier molecular flexibility index (Phi) is 15.1. The molecule has 0 bridgehead atoms. The number of benzene rings is 2. The number of nitrogens with zero attached hydrogens (tertiary/aromatic N) is 2. The number of carbonyl (C=O) groups is 2. The van der Waals surface area contributed by atoms with E-state index >= 15 is 0 Å². The van der Waals surface area contributed by atoms with Crippen molar-refractivity contribution >= 4 is 22.7 Å². The molecule has 1 aliphatic rings. The molecule has 1 aromatic heterocycles. The van der Waals surface area contributed by atoms with Crippen LogP contribution in [0.2, 0.25) is 0 Å². The van der Waals surface area contributed by atoms with Gasteiger partial charge in [-0.3, -0.25) is 14.1 Å². The Morgan fingerprint density at radius 1 is 0.920 bits per heavy atom. The molecule has 2 aromatic carbocycles. The van der Waals surface area contributed by atoms with Crippen molar-refractivity contribution in [1.82, 2.24) is 5.16 Å². The molecule has 9 heteroatoms. The summed E-state index contributed by atoms with van der Waals surface area (Å²) in [6, 6.07) is 9.81. The lowest BCUT2D eigenvalue weighted by atomic mass is 9.87. The van der Waals surface area contributed by atoms with E-state index in [1.807, 2.05) is 13.8 Å². The number of rotatable bonds is 22. The zero-order valence-corrected chi connectivity index (χ0v) is 31.2. The van der Waals surface area contributed by atoms with Gasteiger partial charge in [0, 0.05) is 42.2 Å². The van der Waals surface area contributed by atoms with Crippen LogP contribution < -0.4 is 9.47 Å². The second kappa shape index (κ2) is 19.2. The van der Waals surface area contributed by atoms with Gasteiger partial charge in [0.2, 0.25) is 6.73 Å². The first-order valence-electron chi connectivity index (χ1n) is 19.0. The number of piperidine rings is 1. The van der Waals surface area contributed by atoms with Gasteiger partial charge in [0.05, 0.1) is 44.5 Å². The van der Waals surface area contributed by atoms with E-state index in [9.17, 15) is 14.0 Å². The van der Waals surface area contributed by atoms with Crippen LogP contribution in [0.1, 0.15) is 140 Å². The lowest BCUT2D eigenvalue weighted by Crippen LogP contribution is -2.55. The number of hydrogen-bond acceptors (Lipinski definition) is 7. The molecule has 0 N–H and O–H groups in total. The fourth-order valence-corrected chi connectivity index (χ4v) is 7.17. The van der Waals surface area contributed by atoms with Crippen molar-refractivity contribution in [3.05, 3.63) is 53.5 Å². The second-order valence-corrected chi connectivity index (χ2v) is 15.0. The molecule has 0 unspecified atom stereocenters. The number of Topliss-reactive ketones (excluding diaryl/α,β-unsaturated/α-hetero) is 1. The van der Waals surface area contributed by atoms with Crippen LogP contribution in [0.25, 0.3) is 11.0 Å². The smallest absolute Gasteiger partial charge is 0.315 e. The van der Waals surface area contributed by atoms with Gasteiger partial charge in [0.1, 0.15) is 5.82 Å². The highest BCUT2D eigenvalue weighted by molar-refractivity contribution is 5.94. The Morgan fingerprint density at radius 3 is 2.26 bits per heavy atom. The van der Waals surface area contributed by atoms with E-state index in [1.54, 1.807) is 31.4 Å². The van der Waals surface area contributed by atoms with Crippen molar-refractivity contribution < 1.29 is 37.2 Å². The van der Waals surface area contributed by atoms with E-state index in [2.05, 4.69) is 12.1 Å². The topological polar surface area (TPSA) is 87.9 Å². The average Bonchev–Trinajstić information content (AvgIpc) is 3.53. The van der Waals surface area contributed by atoms with Crippen molar-refractivity contribution in [2.45, 2.75) is 124 Å². The van der Waals surface area contributed by atoms with Crippen LogP contribution in [-0.4, -0.2) is 61.5 Å². The highest BCUT2D eigenvalue weighted by Gasteiger charge is 2.38. The summed E-state index contributed by atoms with van der Waals surface area (Å²) in [5.74, 6) is 0.794. The zero-order chi connectivity index (χ0) is 36.0. The molecule has 1 fully saturated rings. The third-order valence-corrected chi connectivity index (χ3v) is 10.5. The number of ether oxygens (including phenoxy) is 3. The van der Waals surface area contributed by atoms with Crippen molar-refractivity contribution in [3.8, 4) is 11.5 Å². The molecular weight excluding hydrogens is 635 g/mol. The van der Waals surface area contributed by atoms with Gasteiger partial charge in [-0.15, -0.1) is 0 Å². The SMILES string of the molecule is CCCCCCCCCCCCC(C)(C)C(=O)OC[N+]1(CCCOc2ccc(C(C)=O)cc2OC)CCC(c2noc3cc(F)ccc23)CC1. The van der Waals surface area contributed by atoms with Gasteiger partial charge in [-0.2, -0.15) is 0 Å². The standard InChI is InChI=1S/C41H60FN2O6/c1-6-7-8-9-10-11-12-13-14-15-23-41(3,4)40(46)49-30-44(24-16-27-48-36-20-17-33(31(2)45)28-38(36)47-5)25-21-32(22-26-44)39-35-19-18-34(42)29-37(35)50-43-39/h17-20,28-29,32H,6-16,21-27,30H2,1-5H3/q+1. The Morgan fingerprint density at radius 2 is 1.60 bits per heavy atom. The fraction of sp³-hybridized carbons (Fsp3) is 0.634. The number of unbranched alkanes of at least 4 members (excludes halogenated alkanes) is 9. The minimum absolute atomic E-state index is 0.0308. The normalized spacial score (nSPS) is 17.9. The lowest BCUT2D eigenvalue weighted by molar-refractivity contribution is -0.948. The number of carbonyl (C=O) groups excluding carboxylic acids is 2. The molecule has 0 radical (unpaired) electrons. The zero-order valence-electron chi connectivity index (χ0n) is 31.2. The molecule has 1 aliphatic heterocycles. The van der Waals surface area contributed by atoms with E-state index in [1.165, 1.54) is 70.4 Å². The molecule has 0 spiro atoms. The lowest BCUT2D eigenvalue weighted by Gasteiger charge is -2.43. The number of ketones is 1. The Balaban J connectivity index is 1.32. The number of likely N-dealkylation sites (tertiary alicyclic amines) is 1. The highest BCUT2D eigenvalue weighted by Crippen LogP contribution is 2.36. The Hall–Kier alpha value is -3.46. The van der Waals surface area contributed by atoms with Gasteiger partial charge in [-0.25, -0.2) is 4.39 Å². The van der Waals surface area contributed by atoms with E-state index in [4.69, 9.17) is 18.7 Å². The molecular formula is C41H60FN2O6+.